The maximum atomic E-state index is 12.9. The van der Waals surface area contributed by atoms with E-state index in [9.17, 15) is 9.18 Å². The summed E-state index contributed by atoms with van der Waals surface area (Å²) in [5, 5.41) is 9.06. The van der Waals surface area contributed by atoms with Crippen molar-refractivity contribution in [1.82, 2.24) is 0 Å². The summed E-state index contributed by atoms with van der Waals surface area (Å²) in [6.45, 7) is 1.91. The van der Waals surface area contributed by atoms with Gasteiger partial charge in [0.15, 0.2) is 0 Å². The molecule has 0 aliphatic rings. The van der Waals surface area contributed by atoms with Gasteiger partial charge in [0.1, 0.15) is 10.7 Å². The Hall–Kier alpha value is -1.88. The highest BCUT2D eigenvalue weighted by Gasteiger charge is 2.20. The summed E-state index contributed by atoms with van der Waals surface area (Å²) in [7, 11) is 0. The number of aromatic carboxylic acids is 1. The number of benzene rings is 1. The van der Waals surface area contributed by atoms with Crippen molar-refractivity contribution in [1.29, 1.82) is 0 Å². The zero-order valence-corrected chi connectivity index (χ0v) is 10.6. The van der Waals surface area contributed by atoms with Crippen molar-refractivity contribution in [3.63, 3.8) is 0 Å². The van der Waals surface area contributed by atoms with Crippen molar-refractivity contribution in [3.05, 3.63) is 40.5 Å². The number of carboxylic acid groups (broad SMARTS) is 1. The molecule has 0 atom stereocenters. The number of thiophene rings is 1. The zero-order chi connectivity index (χ0) is 13.3. The summed E-state index contributed by atoms with van der Waals surface area (Å²) in [5.41, 5.74) is 7.75. The molecular weight excluding hydrogens is 253 g/mol. The van der Waals surface area contributed by atoms with Gasteiger partial charge in [-0.1, -0.05) is 19.1 Å². The number of rotatable bonds is 3. The second kappa shape index (κ2) is 4.78. The molecule has 2 rings (SSSR count). The van der Waals surface area contributed by atoms with Crippen LogP contribution in [0.1, 0.15) is 22.2 Å². The molecule has 3 N–H and O–H groups in total. The first kappa shape index (κ1) is 12.6. The summed E-state index contributed by atoms with van der Waals surface area (Å²) in [6.07, 6.45) is 0.641. The Morgan fingerprint density at radius 1 is 1.39 bits per heavy atom. The lowest BCUT2D eigenvalue weighted by molar-refractivity contribution is 0.0703. The fourth-order valence-electron chi connectivity index (χ4n) is 1.82. The van der Waals surface area contributed by atoms with Crippen LogP contribution in [0.5, 0.6) is 0 Å². The van der Waals surface area contributed by atoms with Gasteiger partial charge < -0.3 is 10.8 Å². The van der Waals surface area contributed by atoms with Crippen LogP contribution < -0.4 is 5.73 Å². The molecule has 0 radical (unpaired) electrons. The molecule has 0 spiro atoms. The van der Waals surface area contributed by atoms with Crippen LogP contribution >= 0.6 is 11.3 Å². The Morgan fingerprint density at radius 2 is 2.00 bits per heavy atom. The van der Waals surface area contributed by atoms with Gasteiger partial charge in [-0.25, -0.2) is 9.18 Å². The summed E-state index contributed by atoms with van der Waals surface area (Å²) in [5.74, 6) is -1.35. The first-order valence-electron chi connectivity index (χ1n) is 5.45. The van der Waals surface area contributed by atoms with Crippen LogP contribution in [0.3, 0.4) is 0 Å². The second-order valence-corrected chi connectivity index (χ2v) is 4.84. The van der Waals surface area contributed by atoms with Gasteiger partial charge in [0.25, 0.3) is 0 Å². The summed E-state index contributed by atoms with van der Waals surface area (Å²) < 4.78 is 12.9. The highest BCUT2D eigenvalue weighted by molar-refractivity contribution is 7.18. The average Bonchev–Trinajstić information content (AvgIpc) is 2.67. The predicted molar refractivity (Wildman–Crippen MR) is 70.5 cm³/mol. The number of anilines is 1. The molecule has 0 aliphatic heterocycles. The lowest BCUT2D eigenvalue weighted by Crippen LogP contribution is -1.99. The topological polar surface area (TPSA) is 63.3 Å². The molecule has 5 heteroatoms. The number of carbonyl (C=O) groups is 1. The lowest BCUT2D eigenvalue weighted by Gasteiger charge is -2.02. The van der Waals surface area contributed by atoms with Crippen molar-refractivity contribution >= 4 is 23.0 Å². The largest absolute Gasteiger partial charge is 0.477 e. The summed E-state index contributed by atoms with van der Waals surface area (Å²) in [6, 6.07) is 5.97. The lowest BCUT2D eigenvalue weighted by atomic mass is 10.1. The zero-order valence-electron chi connectivity index (χ0n) is 9.74. The van der Waals surface area contributed by atoms with E-state index in [1.54, 1.807) is 12.1 Å². The third kappa shape index (κ3) is 2.09. The van der Waals surface area contributed by atoms with Crippen LogP contribution in [0.4, 0.5) is 10.1 Å². The number of hydrogen-bond donors (Lipinski definition) is 2. The first-order valence-corrected chi connectivity index (χ1v) is 6.26. The molecule has 1 aromatic carbocycles. The van der Waals surface area contributed by atoms with Crippen molar-refractivity contribution < 1.29 is 14.3 Å². The Kier molecular flexibility index (Phi) is 3.34. The number of nitrogens with two attached hydrogens (primary N) is 1. The van der Waals surface area contributed by atoms with Crippen LogP contribution in [0, 0.1) is 5.82 Å². The third-order valence-electron chi connectivity index (χ3n) is 2.70. The molecule has 0 fully saturated rings. The van der Waals surface area contributed by atoms with Gasteiger partial charge in [-0.05, 0) is 29.7 Å². The van der Waals surface area contributed by atoms with E-state index in [2.05, 4.69) is 0 Å². The molecule has 18 heavy (non-hydrogen) atoms. The second-order valence-electron chi connectivity index (χ2n) is 3.82. The summed E-state index contributed by atoms with van der Waals surface area (Å²) in [4.78, 5) is 12.0. The van der Waals surface area contributed by atoms with Gasteiger partial charge in [0, 0.05) is 4.88 Å². The number of nitrogen functional groups attached to an aromatic ring is 1. The van der Waals surface area contributed by atoms with E-state index < -0.39 is 5.97 Å². The minimum absolute atomic E-state index is 0.145. The average molecular weight is 265 g/mol. The van der Waals surface area contributed by atoms with E-state index in [0.717, 1.165) is 27.3 Å². The Morgan fingerprint density at radius 3 is 2.50 bits per heavy atom. The van der Waals surface area contributed by atoms with Crippen LogP contribution in [0.2, 0.25) is 0 Å². The molecule has 0 saturated carbocycles. The number of hydrogen-bond acceptors (Lipinski definition) is 3. The SMILES string of the molecule is CCc1c(-c2ccc(F)cc2)sc(C(=O)O)c1N. The molecule has 1 heterocycles. The van der Waals surface area contributed by atoms with Crippen LogP contribution in [-0.4, -0.2) is 11.1 Å². The van der Waals surface area contributed by atoms with Crippen molar-refractivity contribution in [2.24, 2.45) is 0 Å². The van der Waals surface area contributed by atoms with E-state index in [1.165, 1.54) is 12.1 Å². The van der Waals surface area contributed by atoms with Gasteiger partial charge in [-0.3, -0.25) is 0 Å². The van der Waals surface area contributed by atoms with Gasteiger partial charge in [-0.15, -0.1) is 11.3 Å². The maximum Gasteiger partial charge on any atom is 0.348 e. The van der Waals surface area contributed by atoms with Gasteiger partial charge >= 0.3 is 5.97 Å². The Balaban J connectivity index is 2.60. The normalized spacial score (nSPS) is 10.6. The smallest absolute Gasteiger partial charge is 0.348 e. The molecule has 0 bridgehead atoms. The Bertz CT molecular complexity index is 590. The quantitative estimate of drug-likeness (QED) is 0.894. The van der Waals surface area contributed by atoms with Crippen molar-refractivity contribution in [2.45, 2.75) is 13.3 Å². The number of halogens is 1. The van der Waals surface area contributed by atoms with Crippen LogP contribution in [0.25, 0.3) is 10.4 Å². The van der Waals surface area contributed by atoms with E-state index in [1.807, 2.05) is 6.92 Å². The van der Waals surface area contributed by atoms with E-state index in [4.69, 9.17) is 10.8 Å². The monoisotopic (exact) mass is 265 g/mol. The van der Waals surface area contributed by atoms with Crippen LogP contribution in [-0.2, 0) is 6.42 Å². The molecule has 94 valence electrons. The summed E-state index contributed by atoms with van der Waals surface area (Å²) >= 11 is 1.13. The molecule has 0 saturated heterocycles. The van der Waals surface area contributed by atoms with E-state index >= 15 is 0 Å². The molecule has 0 amide bonds. The molecule has 2 aromatic rings. The highest BCUT2D eigenvalue weighted by Crippen LogP contribution is 2.38. The van der Waals surface area contributed by atoms with E-state index in [0.29, 0.717) is 12.1 Å². The Labute approximate surface area is 108 Å². The molecule has 0 unspecified atom stereocenters. The minimum atomic E-state index is -1.03. The number of carboxylic acids is 1. The molecule has 1 aromatic heterocycles. The molecule has 3 nitrogen and oxygen atoms in total. The highest BCUT2D eigenvalue weighted by atomic mass is 32.1. The van der Waals surface area contributed by atoms with Crippen LogP contribution in [0.15, 0.2) is 24.3 Å². The van der Waals surface area contributed by atoms with Crippen molar-refractivity contribution in [3.8, 4) is 10.4 Å². The van der Waals surface area contributed by atoms with E-state index in [-0.39, 0.29) is 10.7 Å². The minimum Gasteiger partial charge on any atom is -0.477 e. The van der Waals surface area contributed by atoms with Crippen molar-refractivity contribution in [2.75, 3.05) is 5.73 Å². The predicted octanol–water partition coefficient (Wildman–Crippen LogP) is 3.40. The standard InChI is InChI=1S/C13H12FNO2S/c1-2-9-10(15)12(13(16)17)18-11(9)7-3-5-8(14)6-4-7/h3-6H,2,15H2,1H3,(H,16,17). The molecule has 0 aliphatic carbocycles. The van der Waals surface area contributed by atoms with Gasteiger partial charge in [0.05, 0.1) is 5.69 Å². The van der Waals surface area contributed by atoms with Gasteiger partial charge in [0.2, 0.25) is 0 Å². The fourth-order valence-corrected chi connectivity index (χ4v) is 2.98. The van der Waals surface area contributed by atoms with Gasteiger partial charge in [-0.2, -0.15) is 0 Å². The first-order chi connectivity index (χ1) is 8.54. The third-order valence-corrected chi connectivity index (χ3v) is 3.99. The molecular formula is C13H12FNO2S. The fraction of sp³-hybridized carbons (Fsp3) is 0.154. The maximum absolute atomic E-state index is 12.9.